The first kappa shape index (κ1) is 95.7. The Kier molecular flexibility index (Phi) is 69.9. The van der Waals surface area contributed by atoms with Crippen LogP contribution in [0.3, 0.4) is 0 Å². The highest BCUT2D eigenvalue weighted by molar-refractivity contribution is 7.47. The maximum atomic E-state index is 13.1. The van der Waals surface area contributed by atoms with Crippen LogP contribution in [0.4, 0.5) is 0 Å². The predicted molar refractivity (Wildman–Crippen MR) is 408 cm³/mol. The molecule has 19 heteroatoms. The van der Waals surface area contributed by atoms with Crippen LogP contribution < -0.4 is 0 Å². The summed E-state index contributed by atoms with van der Waals surface area (Å²) in [6.45, 7) is 4.58. The summed E-state index contributed by atoms with van der Waals surface area (Å²) in [6, 6.07) is 0. The first-order valence-corrected chi connectivity index (χ1v) is 42.1. The zero-order chi connectivity index (χ0) is 73.2. The SMILES string of the molecule is CC/C=C\C/C=C\C/C=C\C/C=C\CCCCCCCCC(=O)OCC(COP(=O)(O)OCC(O)COP(=O)(O)OCC(COC(=O)CCCCCCC/C=C\CCCCCC)OC(=O)CCCCCCC/C=C\CCCCCC)OC(=O)CCCCCCC/C=C\C/C=C\C/C=C\CC. The molecule has 0 aliphatic heterocycles. The van der Waals surface area contributed by atoms with Crippen molar-refractivity contribution in [2.45, 2.75) is 341 Å². The van der Waals surface area contributed by atoms with E-state index in [2.05, 4.69) is 137 Å². The summed E-state index contributed by atoms with van der Waals surface area (Å²) in [5.74, 6) is -2.22. The molecule has 0 aromatic heterocycles. The van der Waals surface area contributed by atoms with Crippen LogP contribution in [0.2, 0.25) is 0 Å². The summed E-state index contributed by atoms with van der Waals surface area (Å²) in [5.41, 5.74) is 0. The minimum absolute atomic E-state index is 0.0705. The van der Waals surface area contributed by atoms with Gasteiger partial charge in [-0.25, -0.2) is 9.13 Å². The molecule has 576 valence electrons. The molecule has 0 aliphatic rings. The molecule has 0 radical (unpaired) electrons. The molecule has 3 N–H and O–H groups in total. The Morgan fingerprint density at radius 2 is 0.520 bits per heavy atom. The molecule has 0 aliphatic carbocycles. The van der Waals surface area contributed by atoms with Gasteiger partial charge in [0.25, 0.3) is 0 Å². The van der Waals surface area contributed by atoms with Gasteiger partial charge in [-0.15, -0.1) is 0 Å². The Labute approximate surface area is 607 Å². The Morgan fingerprint density at radius 3 is 0.810 bits per heavy atom. The highest BCUT2D eigenvalue weighted by Gasteiger charge is 2.30. The quantitative estimate of drug-likeness (QED) is 0.0169. The summed E-state index contributed by atoms with van der Waals surface area (Å²) >= 11 is 0. The number of ether oxygens (including phenoxy) is 4. The number of rotatable bonds is 73. The van der Waals surface area contributed by atoms with Gasteiger partial charge in [-0.3, -0.25) is 37.3 Å². The van der Waals surface area contributed by atoms with E-state index in [1.807, 2.05) is 0 Å². The van der Waals surface area contributed by atoms with Crippen molar-refractivity contribution in [2.75, 3.05) is 39.6 Å². The standard InChI is InChI=1S/C81H140O17P2/c1-5-9-13-17-21-25-29-33-35-36-37-38-40-43-46-50-54-58-62-66-79(84)92-72-77(98-81(86)68-64-60-56-52-48-44-39-34-30-26-22-18-14-10-6-2)74-96-100(89,90)94-70-75(82)69-93-99(87,88)95-73-76(97-80(85)67-63-59-55-51-47-42-32-28-24-20-16-12-8-4)71-91-78(83)65-61-57-53-49-45-41-31-27-23-19-15-11-7-3/h9-10,13-14,21-22,25-28,31-35,37-39,75-77,82H,5-8,11-12,15-20,23-24,29-30,36,40-74H2,1-4H3,(H,87,88)(H,89,90)/b13-9-,14-10-,25-21-,26-22-,31-27-,32-28-,35-33-,38-37-,39-34-. The summed E-state index contributed by atoms with van der Waals surface area (Å²) < 4.78 is 68.5. The van der Waals surface area contributed by atoms with Gasteiger partial charge in [0, 0.05) is 25.7 Å². The van der Waals surface area contributed by atoms with Crippen molar-refractivity contribution >= 4 is 39.5 Å². The average Bonchev–Trinajstić information content (AvgIpc) is 0.946. The molecule has 0 rings (SSSR count). The normalized spacial score (nSPS) is 14.5. The summed E-state index contributed by atoms with van der Waals surface area (Å²) in [5, 5.41) is 10.6. The zero-order valence-corrected chi connectivity index (χ0v) is 64.6. The monoisotopic (exact) mass is 1450 g/mol. The van der Waals surface area contributed by atoms with Crippen LogP contribution >= 0.6 is 15.6 Å². The van der Waals surface area contributed by atoms with Crippen molar-refractivity contribution in [1.29, 1.82) is 0 Å². The number of aliphatic hydroxyl groups excluding tert-OH is 1. The van der Waals surface area contributed by atoms with Gasteiger partial charge in [-0.05, 0) is 148 Å². The smallest absolute Gasteiger partial charge is 0.462 e. The molecule has 0 spiro atoms. The molecular formula is C81H140O17P2. The van der Waals surface area contributed by atoms with E-state index >= 15 is 0 Å². The Hall–Kier alpha value is -4.28. The van der Waals surface area contributed by atoms with Gasteiger partial charge >= 0.3 is 39.5 Å². The average molecular weight is 1450 g/mol. The number of hydrogen-bond donors (Lipinski definition) is 3. The number of allylic oxidation sites excluding steroid dienone is 18. The minimum atomic E-state index is -4.98. The molecule has 0 aromatic rings. The van der Waals surface area contributed by atoms with Gasteiger partial charge in [-0.1, -0.05) is 259 Å². The minimum Gasteiger partial charge on any atom is -0.462 e. The maximum absolute atomic E-state index is 13.1. The summed E-state index contributed by atoms with van der Waals surface area (Å²) in [7, 11) is -9.96. The highest BCUT2D eigenvalue weighted by Crippen LogP contribution is 2.45. The van der Waals surface area contributed by atoms with Crippen molar-refractivity contribution in [3.63, 3.8) is 0 Å². The molecular weight excluding hydrogens is 1310 g/mol. The van der Waals surface area contributed by atoms with Crippen molar-refractivity contribution < 1.29 is 80.2 Å². The molecule has 17 nitrogen and oxygen atoms in total. The van der Waals surface area contributed by atoms with Crippen LogP contribution in [0.5, 0.6) is 0 Å². The topological polar surface area (TPSA) is 237 Å². The summed E-state index contributed by atoms with van der Waals surface area (Å²) in [6.07, 6.45) is 77.8. The summed E-state index contributed by atoms with van der Waals surface area (Å²) in [4.78, 5) is 72.9. The molecule has 0 amide bonds. The van der Waals surface area contributed by atoms with E-state index < -0.39 is 97.5 Å². The second-order valence-electron chi connectivity index (χ2n) is 25.9. The van der Waals surface area contributed by atoms with Gasteiger partial charge in [0.2, 0.25) is 0 Å². The number of carbonyl (C=O) groups is 4. The Balaban J connectivity index is 5.36. The van der Waals surface area contributed by atoms with Gasteiger partial charge in [0.15, 0.2) is 12.2 Å². The third kappa shape index (κ3) is 72.1. The number of unbranched alkanes of at least 4 members (excludes halogenated alkanes) is 29. The van der Waals surface area contributed by atoms with Crippen molar-refractivity contribution in [3.05, 3.63) is 109 Å². The number of esters is 4. The number of phosphoric ester groups is 2. The highest BCUT2D eigenvalue weighted by atomic mass is 31.2. The van der Waals surface area contributed by atoms with Crippen LogP contribution in [0.15, 0.2) is 109 Å². The van der Waals surface area contributed by atoms with Gasteiger partial charge in [0.1, 0.15) is 19.3 Å². The lowest BCUT2D eigenvalue weighted by molar-refractivity contribution is -0.161. The zero-order valence-electron chi connectivity index (χ0n) is 62.8. The Bertz CT molecular complexity index is 2320. The molecule has 0 heterocycles. The van der Waals surface area contributed by atoms with E-state index in [0.29, 0.717) is 25.7 Å². The first-order valence-electron chi connectivity index (χ1n) is 39.1. The number of hydrogen-bond acceptors (Lipinski definition) is 15. The lowest BCUT2D eigenvalue weighted by Gasteiger charge is -2.21. The van der Waals surface area contributed by atoms with Crippen LogP contribution in [0.25, 0.3) is 0 Å². The maximum Gasteiger partial charge on any atom is 0.472 e. The molecule has 0 bridgehead atoms. The van der Waals surface area contributed by atoms with E-state index in [0.717, 1.165) is 193 Å². The molecule has 0 saturated carbocycles. The van der Waals surface area contributed by atoms with Gasteiger partial charge in [-0.2, -0.15) is 0 Å². The van der Waals surface area contributed by atoms with Crippen LogP contribution in [-0.4, -0.2) is 96.7 Å². The lowest BCUT2D eigenvalue weighted by Crippen LogP contribution is -2.30. The largest absolute Gasteiger partial charge is 0.472 e. The molecule has 5 unspecified atom stereocenters. The fourth-order valence-electron chi connectivity index (χ4n) is 10.3. The number of carbonyl (C=O) groups excluding carboxylic acids is 4. The third-order valence-corrected chi connectivity index (χ3v) is 18.1. The van der Waals surface area contributed by atoms with E-state index in [4.69, 9.17) is 37.0 Å². The van der Waals surface area contributed by atoms with E-state index in [-0.39, 0.29) is 25.7 Å². The first-order chi connectivity index (χ1) is 48.7. The van der Waals surface area contributed by atoms with Crippen LogP contribution in [-0.2, 0) is 65.4 Å². The van der Waals surface area contributed by atoms with Crippen molar-refractivity contribution in [1.82, 2.24) is 0 Å². The molecule has 0 aromatic carbocycles. The number of phosphoric acid groups is 2. The van der Waals surface area contributed by atoms with Gasteiger partial charge in [0.05, 0.1) is 26.4 Å². The van der Waals surface area contributed by atoms with Crippen molar-refractivity contribution in [2.24, 2.45) is 0 Å². The van der Waals surface area contributed by atoms with Crippen molar-refractivity contribution in [3.8, 4) is 0 Å². The Morgan fingerprint density at radius 1 is 0.290 bits per heavy atom. The molecule has 0 fully saturated rings. The van der Waals surface area contributed by atoms with E-state index in [1.165, 1.54) is 51.4 Å². The molecule has 0 saturated heterocycles. The fraction of sp³-hybridized carbons (Fsp3) is 0.728. The van der Waals surface area contributed by atoms with E-state index in [9.17, 15) is 43.2 Å². The second-order valence-corrected chi connectivity index (χ2v) is 28.8. The lowest BCUT2D eigenvalue weighted by atomic mass is 10.1. The number of aliphatic hydroxyl groups is 1. The molecule has 5 atom stereocenters. The fourth-order valence-corrected chi connectivity index (χ4v) is 11.9. The van der Waals surface area contributed by atoms with Crippen LogP contribution in [0, 0.1) is 0 Å². The second kappa shape index (κ2) is 73.0. The van der Waals surface area contributed by atoms with Gasteiger partial charge < -0.3 is 33.8 Å². The van der Waals surface area contributed by atoms with E-state index in [1.54, 1.807) is 0 Å². The van der Waals surface area contributed by atoms with Crippen LogP contribution in [0.1, 0.15) is 323 Å². The predicted octanol–water partition coefficient (Wildman–Crippen LogP) is 22.6. The third-order valence-electron chi connectivity index (χ3n) is 16.2. The molecule has 100 heavy (non-hydrogen) atoms.